The van der Waals surface area contributed by atoms with Crippen molar-refractivity contribution in [3.63, 3.8) is 0 Å². The third-order valence-corrected chi connectivity index (χ3v) is 10.1. The highest BCUT2D eigenvalue weighted by Crippen LogP contribution is 2.64. The van der Waals surface area contributed by atoms with Gasteiger partial charge in [0.1, 0.15) is 12.7 Å². The van der Waals surface area contributed by atoms with Crippen molar-refractivity contribution in [2.24, 2.45) is 17.3 Å². The SMILES string of the molecule is O=C(Nc1ccc(S(=O)(=O)N2CCCC2)cc1)C12C[C@H]3C[C@H](C1)CC(n1cncn1)(C3)C2. The number of nitrogens with one attached hydrogen (secondary N) is 1. The van der Waals surface area contributed by atoms with Gasteiger partial charge in [-0.05, 0) is 87.5 Å². The summed E-state index contributed by atoms with van der Waals surface area (Å²) in [5, 5.41) is 7.58. The summed E-state index contributed by atoms with van der Waals surface area (Å²) in [5.41, 5.74) is 0.156. The van der Waals surface area contributed by atoms with Crippen LogP contribution < -0.4 is 5.32 Å². The van der Waals surface area contributed by atoms with E-state index < -0.39 is 15.4 Å². The van der Waals surface area contributed by atoms with Crippen molar-refractivity contribution < 1.29 is 13.2 Å². The summed E-state index contributed by atoms with van der Waals surface area (Å²) in [6.45, 7) is 1.17. The Hall–Kier alpha value is -2.26. The second kappa shape index (κ2) is 7.12. The van der Waals surface area contributed by atoms with Gasteiger partial charge in [0.15, 0.2) is 0 Å². The molecule has 0 spiro atoms. The van der Waals surface area contributed by atoms with Gasteiger partial charge < -0.3 is 5.32 Å². The van der Waals surface area contributed by atoms with E-state index in [2.05, 4.69) is 15.4 Å². The number of amides is 1. The van der Waals surface area contributed by atoms with E-state index in [9.17, 15) is 13.2 Å². The molecule has 1 N–H and O–H groups in total. The van der Waals surface area contributed by atoms with Crippen molar-refractivity contribution in [3.8, 4) is 0 Å². The molecule has 4 aliphatic carbocycles. The number of hydrogen-bond donors (Lipinski definition) is 1. The summed E-state index contributed by atoms with van der Waals surface area (Å²) in [7, 11) is -3.45. The molecule has 4 bridgehead atoms. The Labute approximate surface area is 188 Å². The molecule has 2 heterocycles. The molecule has 2 atom stereocenters. The predicted molar refractivity (Wildman–Crippen MR) is 118 cm³/mol. The first kappa shape index (κ1) is 20.4. The number of nitrogens with zero attached hydrogens (tertiary/aromatic N) is 4. The lowest BCUT2D eigenvalue weighted by atomic mass is 9.46. The van der Waals surface area contributed by atoms with Gasteiger partial charge in [0.25, 0.3) is 0 Å². The molecule has 1 saturated heterocycles. The summed E-state index contributed by atoms with van der Waals surface area (Å²) >= 11 is 0. The highest BCUT2D eigenvalue weighted by Gasteiger charge is 2.61. The van der Waals surface area contributed by atoms with Crippen LogP contribution in [0.4, 0.5) is 5.69 Å². The van der Waals surface area contributed by atoms with E-state index in [1.165, 1.54) is 6.42 Å². The topological polar surface area (TPSA) is 97.2 Å². The quantitative estimate of drug-likeness (QED) is 0.748. The second-order valence-corrected chi connectivity index (χ2v) is 12.3. The molecule has 170 valence electrons. The number of carbonyl (C=O) groups excluding carboxylic acids is 1. The highest BCUT2D eigenvalue weighted by atomic mass is 32.2. The first-order valence-electron chi connectivity index (χ1n) is 11.7. The van der Waals surface area contributed by atoms with E-state index in [1.54, 1.807) is 41.2 Å². The Balaban J connectivity index is 1.22. The van der Waals surface area contributed by atoms with Gasteiger partial charge in [-0.2, -0.15) is 9.40 Å². The Kier molecular flexibility index (Phi) is 4.53. The third kappa shape index (κ3) is 3.12. The zero-order valence-corrected chi connectivity index (χ0v) is 18.9. The zero-order valence-electron chi connectivity index (χ0n) is 18.1. The van der Waals surface area contributed by atoms with Crippen molar-refractivity contribution in [3.05, 3.63) is 36.9 Å². The molecule has 2 aromatic rings. The fraction of sp³-hybridized carbons (Fsp3) is 0.609. The highest BCUT2D eigenvalue weighted by molar-refractivity contribution is 7.89. The van der Waals surface area contributed by atoms with E-state index >= 15 is 0 Å². The van der Waals surface area contributed by atoms with E-state index in [1.807, 2.05) is 4.68 Å². The smallest absolute Gasteiger partial charge is 0.243 e. The summed E-state index contributed by atoms with van der Waals surface area (Å²) < 4.78 is 29.1. The first-order chi connectivity index (χ1) is 15.4. The summed E-state index contributed by atoms with van der Waals surface area (Å²) in [5.74, 6) is 1.14. The van der Waals surface area contributed by atoms with Gasteiger partial charge in [-0.15, -0.1) is 0 Å². The third-order valence-electron chi connectivity index (χ3n) is 8.23. The van der Waals surface area contributed by atoms with Crippen LogP contribution in [0.3, 0.4) is 0 Å². The van der Waals surface area contributed by atoms with E-state index in [0.717, 1.165) is 44.9 Å². The fourth-order valence-electron chi connectivity index (χ4n) is 7.25. The van der Waals surface area contributed by atoms with Crippen LogP contribution in [-0.4, -0.2) is 46.5 Å². The lowest BCUT2D eigenvalue weighted by Crippen LogP contribution is -2.60. The van der Waals surface area contributed by atoms with Gasteiger partial charge in [0.05, 0.1) is 15.8 Å². The molecule has 32 heavy (non-hydrogen) atoms. The molecular formula is C23H29N5O3S. The predicted octanol–water partition coefficient (Wildman–Crippen LogP) is 3.00. The van der Waals surface area contributed by atoms with E-state index in [-0.39, 0.29) is 16.3 Å². The molecular weight excluding hydrogens is 426 g/mol. The summed E-state index contributed by atoms with van der Waals surface area (Å²) in [6, 6.07) is 6.66. The van der Waals surface area contributed by atoms with Crippen LogP contribution in [0.25, 0.3) is 0 Å². The maximum absolute atomic E-state index is 13.6. The number of benzene rings is 1. The number of hydrogen-bond acceptors (Lipinski definition) is 5. The summed E-state index contributed by atoms with van der Waals surface area (Å²) in [6.07, 6.45) is 11.2. The molecule has 1 aromatic carbocycles. The molecule has 1 aliphatic heterocycles. The maximum Gasteiger partial charge on any atom is 0.243 e. The molecule has 0 unspecified atom stereocenters. The van der Waals surface area contributed by atoms with Gasteiger partial charge in [0, 0.05) is 18.8 Å². The zero-order chi connectivity index (χ0) is 22.0. The first-order valence-corrected chi connectivity index (χ1v) is 13.1. The molecule has 5 fully saturated rings. The molecule has 1 aromatic heterocycles. The molecule has 5 aliphatic rings. The van der Waals surface area contributed by atoms with Crippen molar-refractivity contribution in [2.75, 3.05) is 18.4 Å². The van der Waals surface area contributed by atoms with Crippen LogP contribution in [0.5, 0.6) is 0 Å². The largest absolute Gasteiger partial charge is 0.326 e. The van der Waals surface area contributed by atoms with Crippen molar-refractivity contribution in [2.45, 2.75) is 61.8 Å². The molecule has 9 heteroatoms. The minimum Gasteiger partial charge on any atom is -0.326 e. The van der Waals surface area contributed by atoms with E-state index in [0.29, 0.717) is 30.6 Å². The van der Waals surface area contributed by atoms with Gasteiger partial charge in [-0.3, -0.25) is 4.79 Å². The average molecular weight is 456 g/mol. The average Bonchev–Trinajstić information content (AvgIpc) is 3.48. The minimum absolute atomic E-state index is 0.0613. The van der Waals surface area contributed by atoms with Gasteiger partial charge in [-0.1, -0.05) is 0 Å². The minimum atomic E-state index is -3.45. The number of rotatable bonds is 5. The standard InChI is InChI=1S/C23H29N5O3S/c29-21(26-19-3-5-20(6-4-19)32(30,31)27-7-1-2-8-27)22-10-17-9-18(11-22)13-23(12-17,14-22)28-16-24-15-25-28/h3-6,15-18H,1-2,7-14H2,(H,26,29)/t17-,18-,22?,23?/m1/s1. The van der Waals surface area contributed by atoms with Crippen LogP contribution in [0, 0.1) is 17.3 Å². The molecule has 8 nitrogen and oxygen atoms in total. The maximum atomic E-state index is 13.6. The lowest BCUT2D eigenvalue weighted by molar-refractivity contribution is -0.150. The Bertz CT molecular complexity index is 1110. The van der Waals surface area contributed by atoms with Crippen LogP contribution in [0.15, 0.2) is 41.8 Å². The number of sulfonamides is 1. The van der Waals surface area contributed by atoms with Crippen LogP contribution >= 0.6 is 0 Å². The van der Waals surface area contributed by atoms with E-state index in [4.69, 9.17) is 0 Å². The number of aromatic nitrogens is 3. The molecule has 0 radical (unpaired) electrons. The fourth-order valence-corrected chi connectivity index (χ4v) is 8.77. The number of carbonyl (C=O) groups is 1. The van der Waals surface area contributed by atoms with Crippen molar-refractivity contribution >= 4 is 21.6 Å². The molecule has 4 saturated carbocycles. The van der Waals surface area contributed by atoms with Gasteiger partial charge in [-0.25, -0.2) is 18.1 Å². The molecule has 7 rings (SSSR count). The number of anilines is 1. The lowest BCUT2D eigenvalue weighted by Gasteiger charge is -2.60. The monoisotopic (exact) mass is 455 g/mol. The Morgan fingerprint density at radius 3 is 2.34 bits per heavy atom. The second-order valence-electron chi connectivity index (χ2n) is 10.4. The Morgan fingerprint density at radius 1 is 1.03 bits per heavy atom. The Morgan fingerprint density at radius 2 is 1.72 bits per heavy atom. The van der Waals surface area contributed by atoms with Gasteiger partial charge in [0.2, 0.25) is 15.9 Å². The van der Waals surface area contributed by atoms with Crippen LogP contribution in [0.2, 0.25) is 0 Å². The summed E-state index contributed by atoms with van der Waals surface area (Å²) in [4.78, 5) is 18.0. The van der Waals surface area contributed by atoms with Crippen molar-refractivity contribution in [1.29, 1.82) is 0 Å². The van der Waals surface area contributed by atoms with Crippen LogP contribution in [-0.2, 0) is 20.4 Å². The van der Waals surface area contributed by atoms with Crippen LogP contribution in [0.1, 0.15) is 51.4 Å². The van der Waals surface area contributed by atoms with Crippen molar-refractivity contribution in [1.82, 2.24) is 19.1 Å². The van der Waals surface area contributed by atoms with Gasteiger partial charge >= 0.3 is 0 Å². The molecule has 1 amide bonds. The normalized spacial score (nSPS) is 34.1.